The van der Waals surface area contributed by atoms with Crippen LogP contribution in [0.2, 0.25) is 0 Å². The van der Waals surface area contributed by atoms with E-state index < -0.39 is 0 Å². The summed E-state index contributed by atoms with van der Waals surface area (Å²) in [6.45, 7) is 2.61. The first-order valence-corrected chi connectivity index (χ1v) is 4.74. The molecular formula is C9H19N3. The highest BCUT2D eigenvalue weighted by molar-refractivity contribution is 5.82. The first kappa shape index (κ1) is 9.52. The maximum atomic E-state index is 5.79. The van der Waals surface area contributed by atoms with E-state index >= 15 is 0 Å². The van der Waals surface area contributed by atoms with Gasteiger partial charge in [-0.15, -0.1) is 0 Å². The zero-order valence-electron chi connectivity index (χ0n) is 7.79. The molecule has 0 bridgehead atoms. The Hall–Kier alpha value is -0.570. The maximum Gasteiger partial charge on any atom is 0.0984 e. The van der Waals surface area contributed by atoms with Gasteiger partial charge in [-0.2, -0.15) is 0 Å². The van der Waals surface area contributed by atoms with E-state index in [0.717, 1.165) is 11.8 Å². The van der Waals surface area contributed by atoms with Gasteiger partial charge in [-0.1, -0.05) is 19.8 Å². The summed E-state index contributed by atoms with van der Waals surface area (Å²) in [5, 5.41) is 0. The van der Waals surface area contributed by atoms with E-state index in [1.807, 2.05) is 0 Å². The summed E-state index contributed by atoms with van der Waals surface area (Å²) in [4.78, 5) is 4.05. The number of hydrogen-bond donors (Lipinski definition) is 2. The van der Waals surface area contributed by atoms with Crippen LogP contribution in [0.1, 0.15) is 32.6 Å². The van der Waals surface area contributed by atoms with Crippen LogP contribution in [0, 0.1) is 11.8 Å². The standard InChI is InChI=1S/C9H19N3/c1-7-3-2-4-8(5-7)9(11)12-6-10/h7-8H,2-6,10H2,1H3,(H2,11,12). The Morgan fingerprint density at radius 3 is 2.83 bits per heavy atom. The third-order valence-electron chi connectivity index (χ3n) is 2.63. The molecule has 1 aliphatic rings. The number of amidine groups is 1. The van der Waals surface area contributed by atoms with E-state index in [0.29, 0.717) is 12.6 Å². The van der Waals surface area contributed by atoms with Crippen LogP contribution in [0.3, 0.4) is 0 Å². The van der Waals surface area contributed by atoms with Crippen LogP contribution in [-0.4, -0.2) is 12.5 Å². The molecule has 0 heterocycles. The van der Waals surface area contributed by atoms with Gasteiger partial charge >= 0.3 is 0 Å². The maximum absolute atomic E-state index is 5.79. The van der Waals surface area contributed by atoms with Crippen LogP contribution in [0.25, 0.3) is 0 Å². The van der Waals surface area contributed by atoms with Crippen LogP contribution < -0.4 is 11.5 Å². The molecule has 0 aromatic rings. The second kappa shape index (κ2) is 4.45. The third kappa shape index (κ3) is 2.48. The van der Waals surface area contributed by atoms with Gasteiger partial charge in [-0.3, -0.25) is 4.99 Å². The lowest BCUT2D eigenvalue weighted by Crippen LogP contribution is -2.29. The summed E-state index contributed by atoms with van der Waals surface area (Å²) in [5.41, 5.74) is 11.1. The van der Waals surface area contributed by atoms with Crippen molar-refractivity contribution in [3.05, 3.63) is 0 Å². The minimum Gasteiger partial charge on any atom is -0.387 e. The van der Waals surface area contributed by atoms with E-state index in [1.54, 1.807) is 0 Å². The summed E-state index contributed by atoms with van der Waals surface area (Å²) < 4.78 is 0. The van der Waals surface area contributed by atoms with Gasteiger partial charge in [-0.25, -0.2) is 0 Å². The van der Waals surface area contributed by atoms with Gasteiger partial charge in [0.2, 0.25) is 0 Å². The second-order valence-corrected chi connectivity index (χ2v) is 3.73. The van der Waals surface area contributed by atoms with E-state index in [2.05, 4.69) is 11.9 Å². The van der Waals surface area contributed by atoms with E-state index in [9.17, 15) is 0 Å². The molecule has 3 heteroatoms. The van der Waals surface area contributed by atoms with E-state index in [1.165, 1.54) is 25.7 Å². The molecule has 12 heavy (non-hydrogen) atoms. The van der Waals surface area contributed by atoms with Crippen molar-refractivity contribution in [1.82, 2.24) is 0 Å². The highest BCUT2D eigenvalue weighted by Gasteiger charge is 2.21. The Kier molecular flexibility index (Phi) is 3.53. The molecule has 0 amide bonds. The summed E-state index contributed by atoms with van der Waals surface area (Å²) >= 11 is 0. The van der Waals surface area contributed by atoms with Crippen molar-refractivity contribution in [2.75, 3.05) is 6.67 Å². The molecule has 0 saturated heterocycles. The molecule has 3 nitrogen and oxygen atoms in total. The topological polar surface area (TPSA) is 64.4 Å². The summed E-state index contributed by atoms with van der Waals surface area (Å²) in [6.07, 6.45) is 5.01. The fourth-order valence-corrected chi connectivity index (χ4v) is 1.94. The van der Waals surface area contributed by atoms with Gasteiger partial charge in [0.05, 0.1) is 12.5 Å². The molecule has 0 aromatic heterocycles. The smallest absolute Gasteiger partial charge is 0.0984 e. The summed E-state index contributed by atoms with van der Waals surface area (Å²) in [5.74, 6) is 2.07. The molecule has 0 aromatic carbocycles. The molecule has 1 fully saturated rings. The lowest BCUT2D eigenvalue weighted by atomic mass is 9.82. The van der Waals surface area contributed by atoms with E-state index in [4.69, 9.17) is 11.5 Å². The SMILES string of the molecule is CC1CCCC(C(N)=NCN)C1. The lowest BCUT2D eigenvalue weighted by molar-refractivity contribution is 0.338. The number of rotatable bonds is 2. The minimum atomic E-state index is 0.330. The van der Waals surface area contributed by atoms with Crippen molar-refractivity contribution in [3.63, 3.8) is 0 Å². The average molecular weight is 169 g/mol. The molecule has 0 spiro atoms. The Bertz CT molecular complexity index is 165. The van der Waals surface area contributed by atoms with Crippen molar-refractivity contribution in [2.45, 2.75) is 32.6 Å². The molecule has 1 aliphatic carbocycles. The van der Waals surface area contributed by atoms with Crippen LogP contribution >= 0.6 is 0 Å². The van der Waals surface area contributed by atoms with Gasteiger partial charge in [0.25, 0.3) is 0 Å². The van der Waals surface area contributed by atoms with Crippen molar-refractivity contribution < 1.29 is 0 Å². The van der Waals surface area contributed by atoms with Gasteiger partial charge in [0.15, 0.2) is 0 Å². The van der Waals surface area contributed by atoms with Crippen molar-refractivity contribution in [3.8, 4) is 0 Å². The quantitative estimate of drug-likeness (QED) is 0.480. The lowest BCUT2D eigenvalue weighted by Gasteiger charge is -2.26. The van der Waals surface area contributed by atoms with Crippen LogP contribution in [0.5, 0.6) is 0 Å². The number of hydrogen-bond acceptors (Lipinski definition) is 2. The first-order valence-electron chi connectivity index (χ1n) is 4.74. The van der Waals surface area contributed by atoms with Gasteiger partial charge in [0.1, 0.15) is 0 Å². The molecule has 1 saturated carbocycles. The highest BCUT2D eigenvalue weighted by Crippen LogP contribution is 2.28. The number of nitrogens with two attached hydrogens (primary N) is 2. The average Bonchev–Trinajstić information content (AvgIpc) is 2.05. The van der Waals surface area contributed by atoms with Crippen LogP contribution in [0.15, 0.2) is 4.99 Å². The molecular weight excluding hydrogens is 150 g/mol. The van der Waals surface area contributed by atoms with Gasteiger partial charge in [-0.05, 0) is 18.8 Å². The van der Waals surface area contributed by atoms with Gasteiger partial charge < -0.3 is 11.5 Å². The minimum absolute atomic E-state index is 0.330. The molecule has 4 N–H and O–H groups in total. The Balaban J connectivity index is 2.45. The summed E-state index contributed by atoms with van der Waals surface area (Å²) in [7, 11) is 0. The molecule has 2 atom stereocenters. The zero-order valence-corrected chi connectivity index (χ0v) is 7.79. The highest BCUT2D eigenvalue weighted by atomic mass is 14.9. The molecule has 2 unspecified atom stereocenters. The zero-order chi connectivity index (χ0) is 8.97. The van der Waals surface area contributed by atoms with Crippen molar-refractivity contribution in [2.24, 2.45) is 28.3 Å². The second-order valence-electron chi connectivity index (χ2n) is 3.73. The predicted octanol–water partition coefficient (Wildman–Crippen LogP) is 1.09. The monoisotopic (exact) mass is 169 g/mol. The Morgan fingerprint density at radius 1 is 1.50 bits per heavy atom. The first-order chi connectivity index (χ1) is 5.74. The van der Waals surface area contributed by atoms with Gasteiger partial charge in [0, 0.05) is 5.92 Å². The largest absolute Gasteiger partial charge is 0.387 e. The van der Waals surface area contributed by atoms with Crippen molar-refractivity contribution >= 4 is 5.84 Å². The molecule has 70 valence electrons. The fraction of sp³-hybridized carbons (Fsp3) is 0.889. The van der Waals surface area contributed by atoms with E-state index in [-0.39, 0.29) is 0 Å². The predicted molar refractivity (Wildman–Crippen MR) is 51.8 cm³/mol. The molecule has 1 rings (SSSR count). The number of nitrogens with zero attached hydrogens (tertiary/aromatic N) is 1. The molecule has 0 aliphatic heterocycles. The molecule has 0 radical (unpaired) electrons. The fourth-order valence-electron chi connectivity index (χ4n) is 1.94. The normalized spacial score (nSPS) is 32.0. The van der Waals surface area contributed by atoms with Crippen LogP contribution in [0.4, 0.5) is 0 Å². The Labute approximate surface area is 74.2 Å². The number of aliphatic imine (C=N–C) groups is 1. The third-order valence-corrected chi connectivity index (χ3v) is 2.63. The Morgan fingerprint density at radius 2 is 2.25 bits per heavy atom. The summed E-state index contributed by atoms with van der Waals surface area (Å²) in [6, 6.07) is 0. The van der Waals surface area contributed by atoms with Crippen LogP contribution in [-0.2, 0) is 0 Å². The van der Waals surface area contributed by atoms with Crippen molar-refractivity contribution in [1.29, 1.82) is 0 Å².